The van der Waals surface area contributed by atoms with Gasteiger partial charge in [-0.05, 0) is 44.1 Å². The molecule has 1 aliphatic carbocycles. The molecule has 1 fully saturated rings. The molecule has 1 saturated carbocycles. The monoisotopic (exact) mass is 484 g/mol. The first kappa shape index (κ1) is 28.3. The average Bonchev–Trinajstić information content (AvgIpc) is 3.33. The molecule has 0 bridgehead atoms. The molecule has 0 radical (unpaired) electrons. The molecular weight excluding hydrogens is 444 g/mol. The van der Waals surface area contributed by atoms with E-state index in [4.69, 9.17) is 4.74 Å². The molecule has 1 aromatic carbocycles. The highest BCUT2D eigenvalue weighted by Crippen LogP contribution is 2.29. The predicted octanol–water partition coefficient (Wildman–Crippen LogP) is 4.14. The fourth-order valence-corrected chi connectivity index (χ4v) is 4.43. The number of hydrogen-bond acceptors (Lipinski definition) is 5. The van der Waals surface area contributed by atoms with Crippen LogP contribution in [-0.2, 0) is 19.1 Å². The number of hydrogen-bond donors (Lipinski definition) is 3. The third-order valence-corrected chi connectivity index (χ3v) is 6.49. The van der Waals surface area contributed by atoms with Crippen LogP contribution >= 0.6 is 0 Å². The Hall–Kier alpha value is -2.93. The molecule has 0 aromatic heterocycles. The van der Waals surface area contributed by atoms with E-state index in [0.717, 1.165) is 50.5 Å². The molecule has 2 atom stereocenters. The van der Waals surface area contributed by atoms with E-state index in [1.165, 1.54) is 0 Å². The number of rotatable bonds is 16. The van der Waals surface area contributed by atoms with Crippen molar-refractivity contribution in [3.05, 3.63) is 61.2 Å². The third kappa shape index (κ3) is 9.68. The van der Waals surface area contributed by atoms with Crippen LogP contribution in [0.4, 0.5) is 0 Å². The van der Waals surface area contributed by atoms with Crippen molar-refractivity contribution < 1.29 is 24.2 Å². The van der Waals surface area contributed by atoms with Gasteiger partial charge < -0.3 is 20.5 Å². The van der Waals surface area contributed by atoms with Gasteiger partial charge in [-0.3, -0.25) is 14.4 Å². The SMILES string of the molecule is C=CCCCCC(=O)OC[C@H](NC(=O)[C@@H](CC=C)CC(=O)NC1(CO)CCCC1)c1ccccc1. The summed E-state index contributed by atoms with van der Waals surface area (Å²) in [6, 6.07) is 8.78. The van der Waals surface area contributed by atoms with E-state index in [1.807, 2.05) is 36.4 Å². The molecule has 0 spiro atoms. The van der Waals surface area contributed by atoms with E-state index >= 15 is 0 Å². The fourth-order valence-electron chi connectivity index (χ4n) is 4.43. The summed E-state index contributed by atoms with van der Waals surface area (Å²) in [7, 11) is 0. The summed E-state index contributed by atoms with van der Waals surface area (Å²) in [5.41, 5.74) is 0.228. The highest BCUT2D eigenvalue weighted by atomic mass is 16.5. The number of unbranched alkanes of at least 4 members (excludes halogenated alkanes) is 2. The largest absolute Gasteiger partial charge is 0.463 e. The van der Waals surface area contributed by atoms with Gasteiger partial charge in [-0.1, -0.05) is 55.3 Å². The summed E-state index contributed by atoms with van der Waals surface area (Å²) in [5.74, 6) is -1.49. The summed E-state index contributed by atoms with van der Waals surface area (Å²) in [6.07, 6.45) is 9.93. The van der Waals surface area contributed by atoms with Crippen LogP contribution in [0.1, 0.15) is 75.8 Å². The Kier molecular flexibility index (Phi) is 12.2. The minimum absolute atomic E-state index is 0.00972. The van der Waals surface area contributed by atoms with Gasteiger partial charge >= 0.3 is 5.97 Å². The Morgan fingerprint density at radius 3 is 2.43 bits per heavy atom. The molecule has 2 amide bonds. The van der Waals surface area contributed by atoms with Crippen LogP contribution in [0.25, 0.3) is 0 Å². The zero-order valence-corrected chi connectivity index (χ0v) is 20.7. The van der Waals surface area contributed by atoms with E-state index in [-0.39, 0.29) is 37.4 Å². The highest BCUT2D eigenvalue weighted by molar-refractivity contribution is 5.86. The Balaban J connectivity index is 2.00. The van der Waals surface area contributed by atoms with Crippen molar-refractivity contribution in [1.82, 2.24) is 10.6 Å². The number of aliphatic hydroxyl groups is 1. The lowest BCUT2D eigenvalue weighted by Gasteiger charge is -2.29. The number of benzene rings is 1. The van der Waals surface area contributed by atoms with Crippen LogP contribution in [0.15, 0.2) is 55.6 Å². The molecule has 0 aliphatic heterocycles. The van der Waals surface area contributed by atoms with E-state index in [2.05, 4.69) is 23.8 Å². The van der Waals surface area contributed by atoms with Gasteiger partial charge in [-0.2, -0.15) is 0 Å². The number of carbonyl (C=O) groups excluding carboxylic acids is 3. The van der Waals surface area contributed by atoms with Crippen molar-refractivity contribution in [3.63, 3.8) is 0 Å². The number of amides is 2. The summed E-state index contributed by atoms with van der Waals surface area (Å²) >= 11 is 0. The minimum atomic E-state index is -0.620. The first-order chi connectivity index (χ1) is 16.9. The summed E-state index contributed by atoms with van der Waals surface area (Å²) in [5, 5.41) is 15.7. The Morgan fingerprint density at radius 2 is 1.80 bits per heavy atom. The second-order valence-corrected chi connectivity index (χ2v) is 9.31. The average molecular weight is 485 g/mol. The molecular formula is C28H40N2O5. The summed E-state index contributed by atoms with van der Waals surface area (Å²) in [4.78, 5) is 38.1. The van der Waals surface area contributed by atoms with Gasteiger partial charge in [0.25, 0.3) is 0 Å². The molecule has 7 nitrogen and oxygen atoms in total. The van der Waals surface area contributed by atoms with Gasteiger partial charge in [0.1, 0.15) is 6.61 Å². The van der Waals surface area contributed by atoms with E-state index in [0.29, 0.717) is 12.8 Å². The number of esters is 1. The van der Waals surface area contributed by atoms with Crippen molar-refractivity contribution in [2.75, 3.05) is 13.2 Å². The zero-order chi connectivity index (χ0) is 25.5. The minimum Gasteiger partial charge on any atom is -0.463 e. The molecule has 35 heavy (non-hydrogen) atoms. The van der Waals surface area contributed by atoms with Crippen LogP contribution in [0.3, 0.4) is 0 Å². The van der Waals surface area contributed by atoms with Gasteiger partial charge in [-0.25, -0.2) is 0 Å². The van der Waals surface area contributed by atoms with Crippen LogP contribution in [-0.4, -0.2) is 41.6 Å². The quantitative estimate of drug-likeness (QED) is 0.186. The first-order valence-corrected chi connectivity index (χ1v) is 12.6. The molecule has 0 heterocycles. The van der Waals surface area contributed by atoms with Crippen molar-refractivity contribution in [2.45, 2.75) is 75.8 Å². The Morgan fingerprint density at radius 1 is 1.09 bits per heavy atom. The number of ether oxygens (including phenoxy) is 1. The normalized spacial score (nSPS) is 16.0. The van der Waals surface area contributed by atoms with Gasteiger partial charge in [0.05, 0.1) is 24.1 Å². The number of carbonyl (C=O) groups is 3. The standard InChI is InChI=1S/C28H40N2O5/c1-3-5-6-10-16-26(33)35-20-24(22-14-8-7-9-15-22)29-27(34)23(13-4-2)19-25(32)30-28(21-31)17-11-12-18-28/h3-4,7-9,14-15,23-24,31H,1-2,5-6,10-13,16-21H2,(H,29,34)(H,30,32)/t23-,24-/m0/s1. The van der Waals surface area contributed by atoms with Crippen LogP contribution < -0.4 is 10.6 Å². The maximum Gasteiger partial charge on any atom is 0.305 e. The van der Waals surface area contributed by atoms with Crippen LogP contribution in [0, 0.1) is 5.92 Å². The van der Waals surface area contributed by atoms with E-state index < -0.39 is 17.5 Å². The Bertz CT molecular complexity index is 833. The van der Waals surface area contributed by atoms with Gasteiger partial charge in [0.2, 0.25) is 11.8 Å². The van der Waals surface area contributed by atoms with Crippen molar-refractivity contribution >= 4 is 17.8 Å². The van der Waals surface area contributed by atoms with E-state index in [9.17, 15) is 19.5 Å². The van der Waals surface area contributed by atoms with Crippen LogP contribution in [0.2, 0.25) is 0 Å². The molecule has 1 aliphatic rings. The maximum atomic E-state index is 13.2. The van der Waals surface area contributed by atoms with Gasteiger partial charge in [0, 0.05) is 12.8 Å². The molecule has 0 saturated heterocycles. The second kappa shape index (κ2) is 15.1. The number of nitrogens with one attached hydrogen (secondary N) is 2. The number of aliphatic hydroxyl groups excluding tert-OH is 1. The molecule has 2 rings (SSSR count). The lowest BCUT2D eigenvalue weighted by Crippen LogP contribution is -2.50. The van der Waals surface area contributed by atoms with Crippen molar-refractivity contribution in [1.29, 1.82) is 0 Å². The fraction of sp³-hybridized carbons (Fsp3) is 0.536. The highest BCUT2D eigenvalue weighted by Gasteiger charge is 2.35. The topological polar surface area (TPSA) is 105 Å². The predicted molar refractivity (Wildman–Crippen MR) is 136 cm³/mol. The number of allylic oxidation sites excluding steroid dienone is 2. The van der Waals surface area contributed by atoms with Gasteiger partial charge in [-0.15, -0.1) is 13.2 Å². The summed E-state index contributed by atoms with van der Waals surface area (Å²) in [6.45, 7) is 7.32. The van der Waals surface area contributed by atoms with Crippen molar-refractivity contribution in [2.24, 2.45) is 5.92 Å². The Labute approximate surface area is 209 Å². The second-order valence-electron chi connectivity index (χ2n) is 9.31. The lowest BCUT2D eigenvalue weighted by molar-refractivity contribution is -0.145. The van der Waals surface area contributed by atoms with Crippen LogP contribution in [0.5, 0.6) is 0 Å². The molecule has 7 heteroatoms. The molecule has 192 valence electrons. The molecule has 0 unspecified atom stereocenters. The summed E-state index contributed by atoms with van der Waals surface area (Å²) < 4.78 is 5.47. The third-order valence-electron chi connectivity index (χ3n) is 6.49. The molecule has 1 aromatic rings. The smallest absolute Gasteiger partial charge is 0.305 e. The van der Waals surface area contributed by atoms with E-state index in [1.54, 1.807) is 6.08 Å². The maximum absolute atomic E-state index is 13.2. The lowest BCUT2D eigenvalue weighted by atomic mass is 9.95. The zero-order valence-electron chi connectivity index (χ0n) is 20.7. The van der Waals surface area contributed by atoms with Gasteiger partial charge in [0.15, 0.2) is 0 Å². The first-order valence-electron chi connectivity index (χ1n) is 12.6. The molecule has 3 N–H and O–H groups in total. The van der Waals surface area contributed by atoms with Crippen molar-refractivity contribution in [3.8, 4) is 0 Å².